The van der Waals surface area contributed by atoms with Crippen molar-refractivity contribution in [2.24, 2.45) is 0 Å². The zero-order valence-electron chi connectivity index (χ0n) is 52.8. The lowest BCUT2D eigenvalue weighted by Gasteiger charge is -2.30. The number of ether oxygens (including phenoxy) is 12. The quantitative estimate of drug-likeness (QED) is 0.0252. The number of hydrogen-bond acceptors (Lipinski definition) is 22. The van der Waals surface area contributed by atoms with Crippen LogP contribution in [0.5, 0.6) is 11.8 Å². The predicted octanol–water partition coefficient (Wildman–Crippen LogP) is 5.15. The van der Waals surface area contributed by atoms with Gasteiger partial charge in [-0.1, -0.05) is 26.8 Å². The number of fused-ring (bicyclic) bond motifs is 2. The number of carbonyl (C=O) groups is 1. The molecule has 1 aromatic carbocycles. The van der Waals surface area contributed by atoms with Crippen molar-refractivity contribution in [2.45, 2.75) is 69.1 Å². The molecule has 2 aliphatic heterocycles. The summed E-state index contributed by atoms with van der Waals surface area (Å²) in [5.41, 5.74) is 1.99. The lowest BCUT2D eigenvalue weighted by molar-refractivity contribution is -0.145. The largest absolute Gasteiger partial charge is 0.492 e. The van der Waals surface area contributed by atoms with E-state index >= 15 is 0 Å². The third-order valence-corrected chi connectivity index (χ3v) is 15.8. The SMILES string of the molecule is COCCOCCOCCOCCOCCOCC[N+](CCOCCOCCOCCOCCOCCOC)=c1ccc2c(C(C)(C)C)cc(C=CC=C3N(CCCS(=O)(=O)O)c4ccc(S(=O)(=O)O)cc4C3(C)CCCC(=O)On3c(O)ccc3O)oc-2c1. The van der Waals surface area contributed by atoms with Crippen molar-refractivity contribution in [3.05, 3.63) is 94.7 Å². The molecule has 0 radical (unpaired) electrons. The maximum atomic E-state index is 13.1. The normalized spacial score (nSPS) is 15.1. The van der Waals surface area contributed by atoms with Gasteiger partial charge in [0.05, 0.1) is 149 Å². The number of nitrogens with zero attached hydrogens (tertiary/aromatic N) is 3. The van der Waals surface area contributed by atoms with E-state index in [-0.39, 0.29) is 42.5 Å². The van der Waals surface area contributed by atoms with Crippen LogP contribution in [0.1, 0.15) is 70.3 Å². The van der Waals surface area contributed by atoms with Gasteiger partial charge in [0, 0.05) is 67.7 Å². The van der Waals surface area contributed by atoms with Gasteiger partial charge in [-0.15, -0.1) is 4.73 Å². The van der Waals surface area contributed by atoms with Crippen LogP contribution >= 0.6 is 0 Å². The Morgan fingerprint density at radius 1 is 0.622 bits per heavy atom. The number of hydrogen-bond donors (Lipinski definition) is 4. The molecule has 0 spiro atoms. The fraction of sp³-hybridized carbons (Fsp3) is 0.613. The van der Waals surface area contributed by atoms with E-state index in [4.69, 9.17) is 66.1 Å². The third-order valence-electron chi connectivity index (χ3n) is 14.1. The van der Waals surface area contributed by atoms with Crippen LogP contribution in [-0.2, 0) is 92.7 Å². The highest BCUT2D eigenvalue weighted by molar-refractivity contribution is 7.86. The molecule has 1 atom stereocenters. The van der Waals surface area contributed by atoms with Crippen LogP contribution in [0.15, 0.2) is 81.8 Å². The molecule has 0 amide bonds. The number of anilines is 1. The number of methoxy groups -OCH3 is 2. The fourth-order valence-corrected chi connectivity index (χ4v) is 10.6. The molecule has 4 N–H and O–H groups in total. The molecular weight excluding hydrogens is 1220 g/mol. The molecule has 0 fully saturated rings. The average molecular weight is 1310 g/mol. The van der Waals surface area contributed by atoms with E-state index in [9.17, 15) is 40.9 Å². The van der Waals surface area contributed by atoms with Gasteiger partial charge in [0.15, 0.2) is 13.1 Å². The van der Waals surface area contributed by atoms with Crippen molar-refractivity contribution in [3.63, 3.8) is 0 Å². The van der Waals surface area contributed by atoms with Crippen molar-refractivity contribution in [2.75, 3.05) is 190 Å². The van der Waals surface area contributed by atoms with E-state index in [2.05, 4.69) is 25.3 Å². The summed E-state index contributed by atoms with van der Waals surface area (Å²) in [6.45, 7) is 18.9. The van der Waals surface area contributed by atoms with Gasteiger partial charge in [-0.3, -0.25) is 9.11 Å². The van der Waals surface area contributed by atoms with Crippen molar-refractivity contribution in [1.29, 1.82) is 0 Å². The van der Waals surface area contributed by atoms with E-state index in [1.54, 1.807) is 32.4 Å². The standard InChI is InChI=1S/C62H93N3O23S2/c1-61(2,3)53-47-50(10-7-11-57-62(4,19-8-12-60(68)88-65-58(66)17-18-59(65)67)54-48-51(90(72,73)74)14-16-55(54)64(57)20-9-45-89(69,70)71)87-56-46-49(13-15-52(53)56)63(21-23-77-29-31-81-37-39-85-43-41-83-35-33-79-27-25-75-5)22-24-78-30-32-82-38-40-86-44-42-84-36-34-80-28-26-76-6/h7,10-11,13-18,46-48H,8-9,12,19-45H2,1-6H3,(H3-,66,67,69,70,71,72,73,74)/p+1. The number of rotatable bonds is 48. The van der Waals surface area contributed by atoms with Gasteiger partial charge < -0.3 is 81.2 Å². The second kappa shape index (κ2) is 39.9. The van der Waals surface area contributed by atoms with Crippen LogP contribution in [0.3, 0.4) is 0 Å². The number of aromatic nitrogens is 1. The highest BCUT2D eigenvalue weighted by Crippen LogP contribution is 2.51. The number of carbonyl (C=O) groups excluding carboxylic acids is 1. The Bertz CT molecular complexity index is 3030. The Balaban J connectivity index is 1.35. The molecule has 1 aliphatic carbocycles. The summed E-state index contributed by atoms with van der Waals surface area (Å²) in [5, 5.41) is 21.0. The Labute approximate surface area is 528 Å². The zero-order chi connectivity index (χ0) is 65.3. The molecule has 2 aromatic rings. The summed E-state index contributed by atoms with van der Waals surface area (Å²) in [5.74, 6) is -1.26. The minimum atomic E-state index is -4.69. The predicted molar refractivity (Wildman–Crippen MR) is 333 cm³/mol. The highest BCUT2D eigenvalue weighted by Gasteiger charge is 2.44. The molecule has 1 aromatic heterocycles. The van der Waals surface area contributed by atoms with Crippen molar-refractivity contribution < 1.29 is 107 Å². The van der Waals surface area contributed by atoms with Crippen molar-refractivity contribution in [3.8, 4) is 23.1 Å². The van der Waals surface area contributed by atoms with Crippen molar-refractivity contribution >= 4 is 38.0 Å². The van der Waals surface area contributed by atoms with Gasteiger partial charge >= 0.3 is 5.97 Å². The molecule has 28 heteroatoms. The second-order valence-corrected chi connectivity index (χ2v) is 24.9. The van der Waals surface area contributed by atoms with E-state index in [0.29, 0.717) is 192 Å². The minimum absolute atomic E-state index is 0.0239. The summed E-state index contributed by atoms with van der Waals surface area (Å²) in [7, 11) is -5.81. The third kappa shape index (κ3) is 26.7. The van der Waals surface area contributed by atoms with Gasteiger partial charge in [0.1, 0.15) is 24.7 Å². The van der Waals surface area contributed by atoms with Crippen LogP contribution in [0.4, 0.5) is 5.69 Å². The summed E-state index contributed by atoms with van der Waals surface area (Å²) in [6, 6.07) is 14.4. The van der Waals surface area contributed by atoms with Crippen molar-refractivity contribution in [1.82, 2.24) is 9.31 Å². The zero-order valence-corrected chi connectivity index (χ0v) is 54.5. The van der Waals surface area contributed by atoms with Crippen LogP contribution in [0.2, 0.25) is 0 Å². The number of allylic oxidation sites excluding steroid dienone is 3. The van der Waals surface area contributed by atoms with Gasteiger partial charge in [-0.2, -0.15) is 16.8 Å². The van der Waals surface area contributed by atoms with E-state index in [1.807, 2.05) is 36.1 Å². The van der Waals surface area contributed by atoms with E-state index in [0.717, 1.165) is 28.6 Å². The molecular formula is C62H94N3O23S2+. The average Bonchev–Trinajstić information content (AvgIpc) is 1.62. The maximum Gasteiger partial charge on any atom is 0.333 e. The summed E-state index contributed by atoms with van der Waals surface area (Å²) >= 11 is 0. The Morgan fingerprint density at radius 3 is 1.56 bits per heavy atom. The summed E-state index contributed by atoms with van der Waals surface area (Å²) in [4.78, 5) is 19.7. The molecule has 3 aliphatic rings. The first-order chi connectivity index (χ1) is 43.2. The summed E-state index contributed by atoms with van der Waals surface area (Å²) < 4.78 is 145. The molecule has 0 saturated carbocycles. The lowest BCUT2D eigenvalue weighted by atomic mass is 9.77. The van der Waals surface area contributed by atoms with E-state index < -0.39 is 49.1 Å². The molecule has 3 heterocycles. The first-order valence-electron chi connectivity index (χ1n) is 30.1. The molecule has 0 bridgehead atoms. The van der Waals surface area contributed by atoms with Crippen LogP contribution in [-0.4, -0.2) is 232 Å². The monoisotopic (exact) mass is 1310 g/mol. The minimum Gasteiger partial charge on any atom is -0.492 e. The summed E-state index contributed by atoms with van der Waals surface area (Å²) in [6.07, 6.45) is 5.45. The topological polar surface area (TPSA) is 311 Å². The van der Waals surface area contributed by atoms with Crippen LogP contribution < -0.4 is 19.7 Å². The Kier molecular flexibility index (Phi) is 33.4. The number of aromatic hydroxyl groups is 2. The van der Waals surface area contributed by atoms with Gasteiger partial charge in [-0.05, 0) is 85.2 Å². The second-order valence-electron chi connectivity index (χ2n) is 21.9. The lowest BCUT2D eigenvalue weighted by Crippen LogP contribution is -2.36. The molecule has 5 rings (SSSR count). The molecule has 90 heavy (non-hydrogen) atoms. The molecule has 1 unspecified atom stereocenters. The van der Waals surface area contributed by atoms with Gasteiger partial charge in [0.2, 0.25) is 17.1 Å². The Hall–Kier alpha value is -5.38. The smallest absolute Gasteiger partial charge is 0.333 e. The van der Waals surface area contributed by atoms with Crippen LogP contribution in [0.25, 0.3) is 17.4 Å². The van der Waals surface area contributed by atoms with Gasteiger partial charge in [0.25, 0.3) is 20.2 Å². The maximum absolute atomic E-state index is 13.1. The molecule has 0 saturated heterocycles. The molecule has 26 nitrogen and oxygen atoms in total. The highest BCUT2D eigenvalue weighted by atomic mass is 32.2. The number of benzene rings is 2. The first-order valence-corrected chi connectivity index (χ1v) is 33.2. The Morgan fingerprint density at radius 2 is 1.10 bits per heavy atom. The fourth-order valence-electron chi connectivity index (χ4n) is 9.63. The first kappa shape index (κ1) is 75.3. The van der Waals surface area contributed by atoms with Gasteiger partial charge in [-0.25, -0.2) is 9.37 Å². The van der Waals surface area contributed by atoms with E-state index in [1.165, 1.54) is 18.2 Å². The molecule has 506 valence electrons. The van der Waals surface area contributed by atoms with Crippen LogP contribution in [0, 0.1) is 0 Å².